The fraction of sp³-hybridized carbons (Fsp3) is 0.129. The lowest BCUT2D eigenvalue weighted by atomic mass is 9.98. The number of fused-ring (bicyclic) bond motifs is 4. The number of nitrogens with one attached hydrogen (secondary N) is 2. The zero-order chi connectivity index (χ0) is 26.1. The Morgan fingerprint density at radius 2 is 1.66 bits per heavy atom. The van der Waals surface area contributed by atoms with Crippen LogP contribution in [0.3, 0.4) is 0 Å². The minimum atomic E-state index is -1.14. The molecule has 3 aromatic carbocycles. The average molecular weight is 504 g/mol. The summed E-state index contributed by atoms with van der Waals surface area (Å²) in [5, 5.41) is 13.3. The first-order valence-corrected chi connectivity index (χ1v) is 12.4. The van der Waals surface area contributed by atoms with Gasteiger partial charge in [0.25, 0.3) is 0 Å². The number of hydrogen-bond acceptors (Lipinski definition) is 4. The predicted octanol–water partition coefficient (Wildman–Crippen LogP) is 5.76. The highest BCUT2D eigenvalue weighted by atomic mass is 16.5. The standard InChI is InChI=1S/C31H25N3O4/c35-30(36)29(16-20-17-33-28-15-19(12-13-21(20)28)27-11-5-6-14-32-27)34-31(37)38-18-26-24-9-3-1-7-22(24)23-8-2-4-10-25(23)26/h1-15,17,26,29,33H,16,18H2,(H,34,37)(H,35,36)/t29-/m0/s1. The third kappa shape index (κ3) is 4.39. The number of aromatic nitrogens is 2. The molecular weight excluding hydrogens is 478 g/mol. The fourth-order valence-corrected chi connectivity index (χ4v) is 5.25. The Bertz CT molecular complexity index is 1600. The van der Waals surface area contributed by atoms with E-state index in [4.69, 9.17) is 4.74 Å². The maximum Gasteiger partial charge on any atom is 0.407 e. The molecule has 2 heterocycles. The smallest absolute Gasteiger partial charge is 0.407 e. The lowest BCUT2D eigenvalue weighted by Crippen LogP contribution is -2.42. The molecule has 1 amide bonds. The number of carboxylic acid groups (broad SMARTS) is 1. The highest BCUT2D eigenvalue weighted by Crippen LogP contribution is 2.44. The second-order valence-electron chi connectivity index (χ2n) is 9.35. The number of H-pyrrole nitrogens is 1. The second kappa shape index (κ2) is 9.86. The van der Waals surface area contributed by atoms with E-state index in [1.807, 2.05) is 72.8 Å². The zero-order valence-corrected chi connectivity index (χ0v) is 20.4. The molecule has 6 rings (SSSR count). The van der Waals surface area contributed by atoms with Gasteiger partial charge in [-0.2, -0.15) is 0 Å². The fourth-order valence-electron chi connectivity index (χ4n) is 5.25. The van der Waals surface area contributed by atoms with Crippen LogP contribution in [0.2, 0.25) is 0 Å². The van der Waals surface area contributed by atoms with Crippen molar-refractivity contribution in [3.05, 3.63) is 114 Å². The van der Waals surface area contributed by atoms with Crippen LogP contribution in [0.1, 0.15) is 22.6 Å². The summed E-state index contributed by atoms with van der Waals surface area (Å²) >= 11 is 0. The van der Waals surface area contributed by atoms with Crippen LogP contribution in [-0.4, -0.2) is 39.8 Å². The first-order valence-electron chi connectivity index (χ1n) is 12.4. The molecule has 7 heteroatoms. The Hall–Kier alpha value is -4.91. The summed E-state index contributed by atoms with van der Waals surface area (Å²) in [7, 11) is 0. The van der Waals surface area contributed by atoms with Crippen LogP contribution in [0.15, 0.2) is 97.3 Å². The third-order valence-corrected chi connectivity index (χ3v) is 7.09. The molecule has 0 radical (unpaired) electrons. The quantitative estimate of drug-likeness (QED) is 0.262. The number of aliphatic carboxylic acids is 1. The molecule has 0 saturated carbocycles. The Morgan fingerprint density at radius 1 is 0.947 bits per heavy atom. The van der Waals surface area contributed by atoms with Gasteiger partial charge in [0.05, 0.1) is 5.69 Å². The highest BCUT2D eigenvalue weighted by molar-refractivity contribution is 5.88. The van der Waals surface area contributed by atoms with E-state index in [2.05, 4.69) is 27.4 Å². The van der Waals surface area contributed by atoms with Gasteiger partial charge in [-0.3, -0.25) is 4.98 Å². The Kier molecular flexibility index (Phi) is 6.09. The van der Waals surface area contributed by atoms with E-state index >= 15 is 0 Å². The molecule has 0 fully saturated rings. The van der Waals surface area contributed by atoms with Gasteiger partial charge in [0.15, 0.2) is 0 Å². The van der Waals surface area contributed by atoms with Crippen molar-refractivity contribution in [2.75, 3.05) is 6.61 Å². The van der Waals surface area contributed by atoms with E-state index in [0.29, 0.717) is 0 Å². The number of benzene rings is 3. The maximum absolute atomic E-state index is 12.7. The number of nitrogens with zero attached hydrogens (tertiary/aromatic N) is 1. The summed E-state index contributed by atoms with van der Waals surface area (Å²) < 4.78 is 5.56. The van der Waals surface area contributed by atoms with E-state index in [9.17, 15) is 14.7 Å². The number of aromatic amines is 1. The highest BCUT2D eigenvalue weighted by Gasteiger charge is 2.30. The molecule has 0 aliphatic heterocycles. The van der Waals surface area contributed by atoms with Crippen molar-refractivity contribution in [1.29, 1.82) is 0 Å². The molecule has 0 spiro atoms. The Balaban J connectivity index is 1.15. The number of amides is 1. The van der Waals surface area contributed by atoms with Crippen LogP contribution in [0.5, 0.6) is 0 Å². The van der Waals surface area contributed by atoms with E-state index in [0.717, 1.165) is 50.0 Å². The van der Waals surface area contributed by atoms with Gasteiger partial charge in [-0.1, -0.05) is 66.7 Å². The van der Waals surface area contributed by atoms with Crippen LogP contribution in [0, 0.1) is 0 Å². The van der Waals surface area contributed by atoms with Crippen LogP contribution in [0.25, 0.3) is 33.3 Å². The Labute approximate surface area is 219 Å². The van der Waals surface area contributed by atoms with Crippen LogP contribution >= 0.6 is 0 Å². The van der Waals surface area contributed by atoms with E-state index < -0.39 is 18.1 Å². The van der Waals surface area contributed by atoms with Crippen LogP contribution in [0.4, 0.5) is 4.79 Å². The molecule has 0 unspecified atom stereocenters. The summed E-state index contributed by atoms with van der Waals surface area (Å²) in [5.74, 6) is -1.23. The largest absolute Gasteiger partial charge is 0.480 e. The molecule has 188 valence electrons. The number of alkyl carbamates (subject to hydrolysis) is 1. The van der Waals surface area contributed by atoms with Gasteiger partial charge in [-0.05, 0) is 46.0 Å². The summed E-state index contributed by atoms with van der Waals surface area (Å²) in [6, 6.07) is 26.6. The Morgan fingerprint density at radius 3 is 2.34 bits per heavy atom. The lowest BCUT2D eigenvalue weighted by Gasteiger charge is -2.17. The van der Waals surface area contributed by atoms with Crippen molar-refractivity contribution in [3.63, 3.8) is 0 Å². The summed E-state index contributed by atoms with van der Waals surface area (Å²) in [4.78, 5) is 32.4. The van der Waals surface area contributed by atoms with Gasteiger partial charge >= 0.3 is 12.1 Å². The van der Waals surface area contributed by atoms with Crippen LogP contribution in [-0.2, 0) is 16.0 Å². The molecule has 1 aliphatic carbocycles. The molecule has 3 N–H and O–H groups in total. The van der Waals surface area contributed by atoms with Gasteiger partial charge in [0.1, 0.15) is 12.6 Å². The number of pyridine rings is 1. The van der Waals surface area contributed by atoms with Crippen molar-refractivity contribution >= 4 is 23.0 Å². The number of ether oxygens (including phenoxy) is 1. The monoisotopic (exact) mass is 503 g/mol. The van der Waals surface area contributed by atoms with Crippen molar-refractivity contribution in [1.82, 2.24) is 15.3 Å². The van der Waals surface area contributed by atoms with E-state index in [1.165, 1.54) is 0 Å². The minimum absolute atomic E-state index is 0.0988. The van der Waals surface area contributed by atoms with Crippen molar-refractivity contribution in [2.24, 2.45) is 0 Å². The minimum Gasteiger partial charge on any atom is -0.480 e. The van der Waals surface area contributed by atoms with Gasteiger partial charge in [0, 0.05) is 41.2 Å². The van der Waals surface area contributed by atoms with Crippen molar-refractivity contribution in [2.45, 2.75) is 18.4 Å². The molecule has 0 saturated heterocycles. The average Bonchev–Trinajstić information content (AvgIpc) is 3.50. The van der Waals surface area contributed by atoms with Gasteiger partial charge in [-0.25, -0.2) is 9.59 Å². The number of hydrogen-bond donors (Lipinski definition) is 3. The maximum atomic E-state index is 12.7. The topological polar surface area (TPSA) is 104 Å². The molecule has 2 aromatic heterocycles. The lowest BCUT2D eigenvalue weighted by molar-refractivity contribution is -0.139. The second-order valence-corrected chi connectivity index (χ2v) is 9.35. The van der Waals surface area contributed by atoms with Crippen molar-refractivity contribution < 1.29 is 19.4 Å². The van der Waals surface area contributed by atoms with E-state index in [1.54, 1.807) is 12.4 Å². The number of carboxylic acids is 1. The normalized spacial score (nSPS) is 13.1. The molecule has 38 heavy (non-hydrogen) atoms. The summed E-state index contributed by atoms with van der Waals surface area (Å²) in [6.07, 6.45) is 2.88. The zero-order valence-electron chi connectivity index (χ0n) is 20.4. The SMILES string of the molecule is O=C(N[C@@H](Cc1c[nH]c2cc(-c3ccccn3)ccc12)C(=O)O)OCC1c2ccccc2-c2ccccc21. The van der Waals surface area contributed by atoms with E-state index in [-0.39, 0.29) is 18.9 Å². The molecule has 0 bridgehead atoms. The number of rotatable bonds is 7. The molecule has 7 nitrogen and oxygen atoms in total. The van der Waals surface area contributed by atoms with Crippen molar-refractivity contribution in [3.8, 4) is 22.4 Å². The first kappa shape index (κ1) is 23.5. The predicted molar refractivity (Wildman–Crippen MR) is 145 cm³/mol. The summed E-state index contributed by atoms with van der Waals surface area (Å²) in [6.45, 7) is 0.121. The van der Waals surface area contributed by atoms with Gasteiger partial charge in [-0.15, -0.1) is 0 Å². The van der Waals surface area contributed by atoms with Gasteiger partial charge < -0.3 is 20.1 Å². The third-order valence-electron chi connectivity index (χ3n) is 7.09. The first-order chi connectivity index (χ1) is 18.6. The molecule has 1 aliphatic rings. The van der Waals surface area contributed by atoms with Crippen LogP contribution < -0.4 is 5.32 Å². The number of carbonyl (C=O) groups excluding carboxylic acids is 1. The summed E-state index contributed by atoms with van der Waals surface area (Å²) in [5.41, 5.74) is 7.92. The van der Waals surface area contributed by atoms with Gasteiger partial charge in [0.2, 0.25) is 0 Å². The molecule has 5 aromatic rings. The number of carbonyl (C=O) groups is 2. The molecule has 1 atom stereocenters. The molecular formula is C31H25N3O4.